The minimum absolute atomic E-state index is 0. The number of aryl methyl sites for hydroxylation is 1. The van der Waals surface area contributed by atoms with Gasteiger partial charge in [0, 0.05) is 37.9 Å². The third kappa shape index (κ3) is 4.04. The SMILES string of the molecule is COC1CCN(S(=O)(=O)c2ccc(C)c([N+](=O)[O-])c2)C(CN)C1.Cl. The highest BCUT2D eigenvalue weighted by Gasteiger charge is 2.36. The summed E-state index contributed by atoms with van der Waals surface area (Å²) in [5.41, 5.74) is 5.93. The summed E-state index contributed by atoms with van der Waals surface area (Å²) in [4.78, 5) is 10.4. The quantitative estimate of drug-likeness (QED) is 0.611. The fourth-order valence-corrected chi connectivity index (χ4v) is 4.50. The van der Waals surface area contributed by atoms with E-state index in [0.29, 0.717) is 18.4 Å². The van der Waals surface area contributed by atoms with Gasteiger partial charge in [0.15, 0.2) is 0 Å². The van der Waals surface area contributed by atoms with Crippen LogP contribution in [-0.4, -0.2) is 50.0 Å². The molecule has 2 unspecified atom stereocenters. The molecule has 0 aromatic heterocycles. The number of sulfonamides is 1. The standard InChI is InChI=1S/C14H21N3O5S.ClH/c1-10-3-4-13(8-14(10)17(18)19)23(20,21)16-6-5-12(22-2)7-11(16)9-15;/h3-4,8,11-12H,5-7,9,15H2,1-2H3;1H. The molecule has 1 aromatic rings. The summed E-state index contributed by atoms with van der Waals surface area (Å²) in [7, 11) is -2.25. The smallest absolute Gasteiger partial charge is 0.273 e. The van der Waals surface area contributed by atoms with E-state index in [0.717, 1.165) is 6.07 Å². The fourth-order valence-electron chi connectivity index (χ4n) is 2.82. The Kier molecular flexibility index (Phi) is 7.11. The molecule has 0 radical (unpaired) electrons. The van der Waals surface area contributed by atoms with E-state index in [1.54, 1.807) is 14.0 Å². The Hall–Kier alpha value is -1.26. The van der Waals surface area contributed by atoms with Crippen LogP contribution in [0.3, 0.4) is 0 Å². The Morgan fingerprint density at radius 2 is 2.12 bits per heavy atom. The number of benzene rings is 1. The average Bonchev–Trinajstić information content (AvgIpc) is 2.53. The lowest BCUT2D eigenvalue weighted by atomic mass is 10.0. The van der Waals surface area contributed by atoms with E-state index in [1.165, 1.54) is 16.4 Å². The van der Waals surface area contributed by atoms with Crippen LogP contribution in [0.1, 0.15) is 18.4 Å². The maximum absolute atomic E-state index is 12.8. The first-order valence-corrected chi connectivity index (χ1v) is 8.75. The molecule has 1 heterocycles. The normalized spacial score (nSPS) is 22.0. The first-order valence-electron chi connectivity index (χ1n) is 7.31. The van der Waals surface area contributed by atoms with Gasteiger partial charge in [0.1, 0.15) is 0 Å². The molecule has 1 fully saturated rings. The van der Waals surface area contributed by atoms with E-state index >= 15 is 0 Å². The molecule has 0 aliphatic carbocycles. The number of nitrogens with zero attached hydrogens (tertiary/aromatic N) is 2. The topological polar surface area (TPSA) is 116 Å². The van der Waals surface area contributed by atoms with E-state index < -0.39 is 14.9 Å². The molecule has 1 saturated heterocycles. The average molecular weight is 380 g/mol. The molecular weight excluding hydrogens is 358 g/mol. The maximum Gasteiger partial charge on any atom is 0.273 e. The summed E-state index contributed by atoms with van der Waals surface area (Å²) in [6, 6.07) is 3.58. The van der Waals surface area contributed by atoms with Gasteiger partial charge in [-0.15, -0.1) is 12.4 Å². The van der Waals surface area contributed by atoms with Gasteiger partial charge < -0.3 is 10.5 Å². The number of nitro benzene ring substituents is 1. The van der Waals surface area contributed by atoms with Crippen LogP contribution in [0.2, 0.25) is 0 Å². The number of nitro groups is 1. The first kappa shape index (κ1) is 20.8. The summed E-state index contributed by atoms with van der Waals surface area (Å²) in [5.74, 6) is 0. The van der Waals surface area contributed by atoms with Gasteiger partial charge in [0.2, 0.25) is 10.0 Å². The third-order valence-corrected chi connectivity index (χ3v) is 6.15. The molecule has 0 bridgehead atoms. The van der Waals surface area contributed by atoms with E-state index in [9.17, 15) is 18.5 Å². The van der Waals surface area contributed by atoms with E-state index in [1.807, 2.05) is 0 Å². The van der Waals surface area contributed by atoms with Crippen molar-refractivity contribution < 1.29 is 18.1 Å². The van der Waals surface area contributed by atoms with Crippen LogP contribution in [0.5, 0.6) is 0 Å². The number of nitrogens with two attached hydrogens (primary N) is 1. The Morgan fingerprint density at radius 1 is 1.46 bits per heavy atom. The van der Waals surface area contributed by atoms with Crippen LogP contribution in [0.4, 0.5) is 5.69 Å². The second-order valence-electron chi connectivity index (χ2n) is 5.59. The number of piperidine rings is 1. The molecule has 2 rings (SSSR count). The molecule has 2 N–H and O–H groups in total. The van der Waals surface area contributed by atoms with Crippen LogP contribution in [0.15, 0.2) is 23.1 Å². The summed E-state index contributed by atoms with van der Waals surface area (Å²) in [5, 5.41) is 11.0. The molecular formula is C14H22ClN3O5S. The van der Waals surface area contributed by atoms with E-state index in [4.69, 9.17) is 10.5 Å². The van der Waals surface area contributed by atoms with Crippen molar-refractivity contribution in [2.24, 2.45) is 5.73 Å². The molecule has 1 aliphatic heterocycles. The van der Waals surface area contributed by atoms with E-state index in [2.05, 4.69) is 0 Å². The van der Waals surface area contributed by atoms with Gasteiger partial charge in [0.25, 0.3) is 5.69 Å². The Bertz CT molecular complexity index is 698. The molecule has 8 nitrogen and oxygen atoms in total. The molecule has 10 heteroatoms. The van der Waals surface area contributed by atoms with Gasteiger partial charge in [-0.25, -0.2) is 8.42 Å². The van der Waals surface area contributed by atoms with Crippen LogP contribution >= 0.6 is 12.4 Å². The first-order chi connectivity index (χ1) is 10.8. The molecule has 0 spiro atoms. The fraction of sp³-hybridized carbons (Fsp3) is 0.571. The molecule has 0 amide bonds. The summed E-state index contributed by atoms with van der Waals surface area (Å²) >= 11 is 0. The number of hydrogen-bond donors (Lipinski definition) is 1. The molecule has 2 atom stereocenters. The highest BCUT2D eigenvalue weighted by Crippen LogP contribution is 2.29. The van der Waals surface area contributed by atoms with Crippen molar-refractivity contribution in [3.05, 3.63) is 33.9 Å². The lowest BCUT2D eigenvalue weighted by molar-refractivity contribution is -0.385. The van der Waals surface area contributed by atoms with Crippen LogP contribution < -0.4 is 5.73 Å². The minimum Gasteiger partial charge on any atom is -0.381 e. The summed E-state index contributed by atoms with van der Waals surface area (Å²) in [6.45, 7) is 2.03. The van der Waals surface area contributed by atoms with Gasteiger partial charge in [-0.2, -0.15) is 4.31 Å². The second kappa shape index (κ2) is 8.21. The van der Waals surface area contributed by atoms with E-state index in [-0.39, 0.29) is 48.2 Å². The van der Waals surface area contributed by atoms with Crippen LogP contribution in [-0.2, 0) is 14.8 Å². The van der Waals surface area contributed by atoms with Gasteiger partial charge in [0.05, 0.1) is 15.9 Å². The predicted molar refractivity (Wildman–Crippen MR) is 91.8 cm³/mol. The van der Waals surface area contributed by atoms with Crippen molar-refractivity contribution in [2.45, 2.75) is 36.8 Å². The zero-order chi connectivity index (χ0) is 17.2. The zero-order valence-electron chi connectivity index (χ0n) is 13.5. The predicted octanol–water partition coefficient (Wildman–Crippen LogP) is 1.45. The van der Waals surface area contributed by atoms with Gasteiger partial charge in [-0.1, -0.05) is 6.07 Å². The molecule has 1 aliphatic rings. The largest absolute Gasteiger partial charge is 0.381 e. The molecule has 24 heavy (non-hydrogen) atoms. The van der Waals surface area contributed by atoms with Crippen molar-refractivity contribution in [3.63, 3.8) is 0 Å². The number of halogens is 1. The third-order valence-electron chi connectivity index (χ3n) is 4.20. The lowest BCUT2D eigenvalue weighted by Crippen LogP contribution is -2.51. The van der Waals surface area contributed by atoms with Crippen molar-refractivity contribution in [1.82, 2.24) is 4.31 Å². The van der Waals surface area contributed by atoms with Crippen molar-refractivity contribution in [2.75, 3.05) is 20.2 Å². The van der Waals surface area contributed by atoms with Crippen molar-refractivity contribution in [1.29, 1.82) is 0 Å². The number of methoxy groups -OCH3 is 1. The second-order valence-corrected chi connectivity index (χ2v) is 7.48. The highest BCUT2D eigenvalue weighted by molar-refractivity contribution is 7.89. The number of hydrogen-bond acceptors (Lipinski definition) is 6. The van der Waals surface area contributed by atoms with Crippen LogP contribution in [0.25, 0.3) is 0 Å². The van der Waals surface area contributed by atoms with Crippen molar-refractivity contribution >= 4 is 28.1 Å². The zero-order valence-corrected chi connectivity index (χ0v) is 15.2. The molecule has 136 valence electrons. The molecule has 0 saturated carbocycles. The number of ether oxygens (including phenoxy) is 1. The Balaban J connectivity index is 0.00000288. The number of rotatable bonds is 5. The summed E-state index contributed by atoms with van der Waals surface area (Å²) in [6.07, 6.45) is 1.06. The van der Waals surface area contributed by atoms with Gasteiger partial charge in [-0.3, -0.25) is 10.1 Å². The van der Waals surface area contributed by atoms with Gasteiger partial charge in [-0.05, 0) is 25.8 Å². The molecule has 1 aromatic carbocycles. The Labute approximate surface area is 147 Å². The minimum atomic E-state index is -3.83. The maximum atomic E-state index is 12.8. The Morgan fingerprint density at radius 3 is 2.67 bits per heavy atom. The lowest BCUT2D eigenvalue weighted by Gasteiger charge is -2.37. The summed E-state index contributed by atoms with van der Waals surface area (Å²) < 4.78 is 32.3. The van der Waals surface area contributed by atoms with Crippen molar-refractivity contribution in [3.8, 4) is 0 Å². The van der Waals surface area contributed by atoms with Crippen LogP contribution in [0, 0.1) is 17.0 Å². The van der Waals surface area contributed by atoms with Gasteiger partial charge >= 0.3 is 0 Å². The highest BCUT2D eigenvalue weighted by atomic mass is 35.5. The monoisotopic (exact) mass is 379 g/mol.